The molecule has 1 aliphatic rings. The van der Waals surface area contributed by atoms with Gasteiger partial charge < -0.3 is 5.32 Å². The summed E-state index contributed by atoms with van der Waals surface area (Å²) in [5.74, 6) is 0.615. The zero-order valence-corrected chi connectivity index (χ0v) is 15.4. The lowest BCUT2D eigenvalue weighted by molar-refractivity contribution is -0.122. The number of fused-ring (bicyclic) bond motifs is 2. The lowest BCUT2D eigenvalue weighted by Gasteiger charge is -2.14. The van der Waals surface area contributed by atoms with Crippen LogP contribution in [0.3, 0.4) is 0 Å². The Morgan fingerprint density at radius 1 is 1.35 bits per heavy atom. The second kappa shape index (κ2) is 6.60. The maximum absolute atomic E-state index is 13.0. The smallest absolute Gasteiger partial charge is 0.265 e. The van der Waals surface area contributed by atoms with Crippen molar-refractivity contribution in [2.75, 3.05) is 5.75 Å². The standard InChI is InChI=1S/C18H19N5O2S/c1-11(2)20-15(24)8-13-10-26-18-21-16-14(17(25)22(13)18)9-19-23(16)12-6-4-3-5-7-12/h3-7,9,11,13H,8,10H2,1-2H3,(H,20,24)/t13-/m1/s1. The van der Waals surface area contributed by atoms with Crippen molar-refractivity contribution in [2.24, 2.45) is 0 Å². The third kappa shape index (κ3) is 2.90. The number of aromatic nitrogens is 4. The van der Waals surface area contributed by atoms with Crippen molar-refractivity contribution < 1.29 is 4.79 Å². The fourth-order valence-corrected chi connectivity index (χ4v) is 4.26. The van der Waals surface area contributed by atoms with E-state index in [1.165, 1.54) is 11.8 Å². The molecule has 1 amide bonds. The summed E-state index contributed by atoms with van der Waals surface area (Å²) in [6.07, 6.45) is 1.83. The zero-order valence-electron chi connectivity index (χ0n) is 14.5. The van der Waals surface area contributed by atoms with E-state index in [0.29, 0.717) is 21.9 Å². The Kier molecular flexibility index (Phi) is 4.28. The van der Waals surface area contributed by atoms with Gasteiger partial charge in [-0.2, -0.15) is 5.10 Å². The number of nitrogens with one attached hydrogen (secondary N) is 1. The van der Waals surface area contributed by atoms with Crippen LogP contribution in [0.25, 0.3) is 16.7 Å². The number of thioether (sulfide) groups is 1. The molecule has 0 saturated carbocycles. The van der Waals surface area contributed by atoms with E-state index in [1.807, 2.05) is 44.2 Å². The van der Waals surface area contributed by atoms with Gasteiger partial charge in [0.25, 0.3) is 5.56 Å². The molecule has 134 valence electrons. The molecule has 7 nitrogen and oxygen atoms in total. The van der Waals surface area contributed by atoms with Crippen LogP contribution in [0.2, 0.25) is 0 Å². The Balaban J connectivity index is 1.74. The summed E-state index contributed by atoms with van der Waals surface area (Å²) in [5, 5.41) is 8.34. The van der Waals surface area contributed by atoms with Crippen molar-refractivity contribution in [3.05, 3.63) is 46.9 Å². The monoisotopic (exact) mass is 369 g/mol. The number of rotatable bonds is 4. The van der Waals surface area contributed by atoms with Gasteiger partial charge in [-0.3, -0.25) is 14.2 Å². The van der Waals surface area contributed by atoms with Crippen molar-refractivity contribution in [3.63, 3.8) is 0 Å². The first-order chi connectivity index (χ1) is 12.5. The Bertz CT molecular complexity index is 1030. The summed E-state index contributed by atoms with van der Waals surface area (Å²) in [4.78, 5) is 29.8. The highest BCUT2D eigenvalue weighted by Crippen LogP contribution is 2.33. The maximum Gasteiger partial charge on any atom is 0.265 e. The van der Waals surface area contributed by atoms with E-state index in [1.54, 1.807) is 15.4 Å². The van der Waals surface area contributed by atoms with Gasteiger partial charge in [-0.25, -0.2) is 9.67 Å². The molecule has 4 rings (SSSR count). The third-order valence-electron chi connectivity index (χ3n) is 4.24. The highest BCUT2D eigenvalue weighted by molar-refractivity contribution is 7.99. The van der Waals surface area contributed by atoms with E-state index in [2.05, 4.69) is 15.4 Å². The fraction of sp³-hybridized carbons (Fsp3) is 0.333. The summed E-state index contributed by atoms with van der Waals surface area (Å²) in [6, 6.07) is 9.51. The molecule has 0 fully saturated rings. The molecule has 0 saturated heterocycles. The molecule has 1 atom stereocenters. The van der Waals surface area contributed by atoms with Gasteiger partial charge in [-0.15, -0.1) is 0 Å². The quantitative estimate of drug-likeness (QED) is 0.713. The predicted molar refractivity (Wildman–Crippen MR) is 101 cm³/mol. The van der Waals surface area contributed by atoms with E-state index in [0.717, 1.165) is 5.69 Å². The first-order valence-corrected chi connectivity index (χ1v) is 9.51. The molecular formula is C18H19N5O2S. The van der Waals surface area contributed by atoms with Crippen LogP contribution in [0.1, 0.15) is 26.3 Å². The van der Waals surface area contributed by atoms with Gasteiger partial charge in [-0.05, 0) is 26.0 Å². The normalized spacial score (nSPS) is 16.2. The van der Waals surface area contributed by atoms with Gasteiger partial charge in [0.05, 0.1) is 17.9 Å². The fourth-order valence-electron chi connectivity index (χ4n) is 3.13. The Labute approximate surface area is 154 Å². The average Bonchev–Trinajstić information content (AvgIpc) is 3.20. The van der Waals surface area contributed by atoms with E-state index in [4.69, 9.17) is 0 Å². The van der Waals surface area contributed by atoms with Gasteiger partial charge in [-0.1, -0.05) is 30.0 Å². The van der Waals surface area contributed by atoms with E-state index < -0.39 is 0 Å². The van der Waals surface area contributed by atoms with Crippen LogP contribution in [0, 0.1) is 0 Å². The number of benzene rings is 1. The third-order valence-corrected chi connectivity index (χ3v) is 5.34. The molecule has 0 unspecified atom stereocenters. The summed E-state index contributed by atoms with van der Waals surface area (Å²) >= 11 is 1.50. The van der Waals surface area contributed by atoms with Crippen LogP contribution >= 0.6 is 11.8 Å². The highest BCUT2D eigenvalue weighted by atomic mass is 32.2. The first kappa shape index (κ1) is 16.8. The van der Waals surface area contributed by atoms with Gasteiger partial charge in [0.15, 0.2) is 10.8 Å². The molecule has 8 heteroatoms. The van der Waals surface area contributed by atoms with Crippen LogP contribution in [0.15, 0.2) is 46.5 Å². The van der Waals surface area contributed by atoms with Crippen LogP contribution in [0.5, 0.6) is 0 Å². The maximum atomic E-state index is 13.0. The lowest BCUT2D eigenvalue weighted by atomic mass is 10.2. The number of nitrogens with zero attached hydrogens (tertiary/aromatic N) is 4. The first-order valence-electron chi connectivity index (χ1n) is 8.52. The number of hydrogen-bond acceptors (Lipinski definition) is 5. The van der Waals surface area contributed by atoms with Gasteiger partial charge in [0.1, 0.15) is 5.39 Å². The van der Waals surface area contributed by atoms with Gasteiger partial charge in [0.2, 0.25) is 5.91 Å². The van der Waals surface area contributed by atoms with Crippen molar-refractivity contribution in [1.82, 2.24) is 24.6 Å². The molecule has 0 radical (unpaired) electrons. The van der Waals surface area contributed by atoms with Crippen molar-refractivity contribution >= 4 is 28.7 Å². The Morgan fingerprint density at radius 2 is 2.12 bits per heavy atom. The molecule has 3 heterocycles. The molecule has 3 aromatic rings. The number of para-hydroxylation sites is 1. The molecule has 0 bridgehead atoms. The number of carbonyl (C=O) groups excluding carboxylic acids is 1. The number of carbonyl (C=O) groups is 1. The van der Waals surface area contributed by atoms with E-state index >= 15 is 0 Å². The molecule has 2 aromatic heterocycles. The van der Waals surface area contributed by atoms with Crippen LogP contribution in [-0.4, -0.2) is 37.0 Å². The van der Waals surface area contributed by atoms with E-state index in [-0.39, 0.29) is 30.0 Å². The Morgan fingerprint density at radius 3 is 2.85 bits per heavy atom. The predicted octanol–water partition coefficient (Wildman–Crippen LogP) is 2.14. The minimum absolute atomic E-state index is 0.0505. The minimum Gasteiger partial charge on any atom is -0.354 e. The average molecular weight is 369 g/mol. The second-order valence-electron chi connectivity index (χ2n) is 6.59. The topological polar surface area (TPSA) is 81.8 Å². The van der Waals surface area contributed by atoms with Crippen molar-refractivity contribution in [1.29, 1.82) is 0 Å². The molecule has 26 heavy (non-hydrogen) atoms. The number of amides is 1. The van der Waals surface area contributed by atoms with Crippen LogP contribution in [0.4, 0.5) is 0 Å². The molecule has 1 aromatic carbocycles. The summed E-state index contributed by atoms with van der Waals surface area (Å²) < 4.78 is 3.32. The van der Waals surface area contributed by atoms with Crippen molar-refractivity contribution in [2.45, 2.75) is 37.5 Å². The second-order valence-corrected chi connectivity index (χ2v) is 7.58. The lowest BCUT2D eigenvalue weighted by Crippen LogP contribution is -2.34. The van der Waals surface area contributed by atoms with Gasteiger partial charge in [0, 0.05) is 18.2 Å². The molecule has 0 spiro atoms. The highest BCUT2D eigenvalue weighted by Gasteiger charge is 2.29. The SMILES string of the molecule is CC(C)NC(=O)C[C@@H]1CSc2nc3c(cnn3-c3ccccc3)c(=O)n21. The molecule has 0 aliphatic carbocycles. The molecular weight excluding hydrogens is 350 g/mol. The Hall–Kier alpha value is -2.61. The van der Waals surface area contributed by atoms with E-state index in [9.17, 15) is 9.59 Å². The summed E-state index contributed by atoms with van der Waals surface area (Å²) in [6.45, 7) is 3.84. The van der Waals surface area contributed by atoms with Gasteiger partial charge >= 0.3 is 0 Å². The molecule has 1 aliphatic heterocycles. The minimum atomic E-state index is -0.182. The summed E-state index contributed by atoms with van der Waals surface area (Å²) in [7, 11) is 0. The summed E-state index contributed by atoms with van der Waals surface area (Å²) in [5.41, 5.74) is 1.27. The van der Waals surface area contributed by atoms with Crippen molar-refractivity contribution in [3.8, 4) is 5.69 Å². The zero-order chi connectivity index (χ0) is 18.3. The number of hydrogen-bond donors (Lipinski definition) is 1. The van der Waals surface area contributed by atoms with Crippen LogP contribution in [-0.2, 0) is 4.79 Å². The largest absolute Gasteiger partial charge is 0.354 e. The molecule has 1 N–H and O–H groups in total. The van der Waals surface area contributed by atoms with Crippen LogP contribution < -0.4 is 10.9 Å².